The molecular weight excluding hydrogens is 327 g/mol. The van der Waals surface area contributed by atoms with E-state index in [2.05, 4.69) is 15.4 Å². The van der Waals surface area contributed by atoms with E-state index < -0.39 is 0 Å². The lowest BCUT2D eigenvalue weighted by atomic mass is 9.93. The molecule has 0 bridgehead atoms. The molecule has 0 saturated heterocycles. The van der Waals surface area contributed by atoms with Crippen LogP contribution in [0.1, 0.15) is 30.0 Å². The first-order chi connectivity index (χ1) is 11.7. The van der Waals surface area contributed by atoms with Gasteiger partial charge in [0.2, 0.25) is 10.9 Å². The molecule has 0 radical (unpaired) electrons. The van der Waals surface area contributed by atoms with Gasteiger partial charge in [-0.05, 0) is 36.5 Å². The molecule has 3 aromatic rings. The quantitative estimate of drug-likeness (QED) is 0.748. The first-order valence-corrected chi connectivity index (χ1v) is 8.89. The van der Waals surface area contributed by atoms with Crippen molar-refractivity contribution in [1.82, 2.24) is 19.9 Å². The topological polar surface area (TPSA) is 59.3 Å². The minimum atomic E-state index is -0.275. The monoisotopic (exact) mass is 344 g/mol. The number of carbonyl (C=O) groups is 1. The van der Waals surface area contributed by atoms with Gasteiger partial charge in [-0.15, -0.1) is 11.3 Å². The molecule has 5 nitrogen and oxygen atoms in total. The second-order valence-corrected chi connectivity index (χ2v) is 6.93. The number of amides is 1. The van der Waals surface area contributed by atoms with E-state index in [0.717, 1.165) is 29.1 Å². The molecule has 7 heteroatoms. The number of rotatable bonds is 6. The van der Waals surface area contributed by atoms with Crippen LogP contribution in [0.4, 0.5) is 4.39 Å². The highest BCUT2D eigenvalue weighted by Crippen LogP contribution is 2.42. The second-order valence-electron chi connectivity index (χ2n) is 6.09. The highest BCUT2D eigenvalue weighted by Gasteiger charge is 2.37. The summed E-state index contributed by atoms with van der Waals surface area (Å²) in [5, 5.41) is 9.21. The van der Waals surface area contributed by atoms with Crippen molar-refractivity contribution in [2.24, 2.45) is 5.92 Å². The molecular formula is C17H17FN4OS. The van der Waals surface area contributed by atoms with E-state index in [1.54, 1.807) is 16.6 Å². The molecule has 1 fully saturated rings. The lowest BCUT2D eigenvalue weighted by Crippen LogP contribution is -2.32. The van der Waals surface area contributed by atoms with E-state index in [4.69, 9.17) is 0 Å². The molecule has 24 heavy (non-hydrogen) atoms. The molecule has 2 aromatic heterocycles. The standard InChI is InChI=1S/C17H17FN4OS/c18-13-5-3-12(4-6-13)15(11-1-2-11)16(23)19-8-7-14-9-24-17-20-10-21-22(14)17/h3-6,9-11,15H,1-2,7-8H2,(H,19,23). The molecule has 1 aliphatic rings. The van der Waals surface area contributed by atoms with Crippen molar-refractivity contribution >= 4 is 22.2 Å². The van der Waals surface area contributed by atoms with Crippen molar-refractivity contribution in [3.63, 3.8) is 0 Å². The van der Waals surface area contributed by atoms with Crippen LogP contribution in [0.25, 0.3) is 4.96 Å². The molecule has 1 saturated carbocycles. The largest absolute Gasteiger partial charge is 0.355 e. The summed E-state index contributed by atoms with van der Waals surface area (Å²) in [6.45, 7) is 0.551. The summed E-state index contributed by atoms with van der Waals surface area (Å²) in [7, 11) is 0. The third-order valence-corrected chi connectivity index (χ3v) is 5.25. The maximum atomic E-state index is 13.1. The minimum Gasteiger partial charge on any atom is -0.355 e. The van der Waals surface area contributed by atoms with Gasteiger partial charge in [-0.2, -0.15) is 5.10 Å². The Bertz CT molecular complexity index is 853. The lowest BCUT2D eigenvalue weighted by Gasteiger charge is -2.16. The third-order valence-electron chi connectivity index (χ3n) is 4.37. The maximum absolute atomic E-state index is 13.1. The van der Waals surface area contributed by atoms with Gasteiger partial charge in [0.05, 0.1) is 11.6 Å². The number of benzene rings is 1. The highest BCUT2D eigenvalue weighted by molar-refractivity contribution is 7.15. The van der Waals surface area contributed by atoms with Crippen LogP contribution in [0.15, 0.2) is 36.0 Å². The number of nitrogens with one attached hydrogen (secondary N) is 1. The second kappa shape index (κ2) is 6.32. The SMILES string of the molecule is O=C(NCCc1csc2ncnn12)C(c1ccc(F)cc1)C1CC1. The Labute approximate surface area is 142 Å². The molecule has 1 aliphatic carbocycles. The maximum Gasteiger partial charge on any atom is 0.227 e. The molecule has 1 atom stereocenters. The van der Waals surface area contributed by atoms with Crippen molar-refractivity contribution in [1.29, 1.82) is 0 Å². The van der Waals surface area contributed by atoms with Gasteiger partial charge in [0.15, 0.2) is 0 Å². The molecule has 1 aromatic carbocycles. The average Bonchev–Trinajstić information content (AvgIpc) is 3.16. The zero-order valence-corrected chi connectivity index (χ0v) is 13.8. The van der Waals surface area contributed by atoms with Crippen LogP contribution in [0.3, 0.4) is 0 Å². The summed E-state index contributed by atoms with van der Waals surface area (Å²) in [4.78, 5) is 17.6. The summed E-state index contributed by atoms with van der Waals surface area (Å²) in [6.07, 6.45) is 4.35. The van der Waals surface area contributed by atoms with Crippen molar-refractivity contribution in [2.45, 2.75) is 25.2 Å². The zero-order valence-electron chi connectivity index (χ0n) is 13.0. The lowest BCUT2D eigenvalue weighted by molar-refractivity contribution is -0.123. The van der Waals surface area contributed by atoms with Crippen LogP contribution in [0.2, 0.25) is 0 Å². The van der Waals surface area contributed by atoms with Crippen LogP contribution in [0, 0.1) is 11.7 Å². The van der Waals surface area contributed by atoms with Crippen molar-refractivity contribution in [3.05, 3.63) is 53.0 Å². The number of carbonyl (C=O) groups excluding carboxylic acids is 1. The van der Waals surface area contributed by atoms with Gasteiger partial charge in [-0.1, -0.05) is 12.1 Å². The number of halogens is 1. The van der Waals surface area contributed by atoms with E-state index in [9.17, 15) is 9.18 Å². The first kappa shape index (κ1) is 15.3. The molecule has 124 valence electrons. The van der Waals surface area contributed by atoms with Gasteiger partial charge in [0.1, 0.15) is 12.1 Å². The smallest absolute Gasteiger partial charge is 0.227 e. The fourth-order valence-corrected chi connectivity index (χ4v) is 3.84. The fourth-order valence-electron chi connectivity index (χ4n) is 3.00. The molecule has 2 heterocycles. The van der Waals surface area contributed by atoms with Gasteiger partial charge >= 0.3 is 0 Å². The molecule has 4 rings (SSSR count). The normalized spacial score (nSPS) is 15.5. The molecule has 0 spiro atoms. The Morgan fingerprint density at radius 2 is 2.17 bits per heavy atom. The van der Waals surface area contributed by atoms with Crippen molar-refractivity contribution < 1.29 is 9.18 Å². The first-order valence-electron chi connectivity index (χ1n) is 8.01. The number of fused-ring (bicyclic) bond motifs is 1. The van der Waals surface area contributed by atoms with Gasteiger partial charge < -0.3 is 5.32 Å². The van der Waals surface area contributed by atoms with Crippen LogP contribution >= 0.6 is 11.3 Å². The summed E-state index contributed by atoms with van der Waals surface area (Å²) in [5.41, 5.74) is 1.93. The van der Waals surface area contributed by atoms with Gasteiger partial charge in [-0.25, -0.2) is 13.9 Å². The molecule has 1 N–H and O–H groups in total. The Kier molecular flexibility index (Phi) is 4.02. The number of nitrogens with zero attached hydrogens (tertiary/aromatic N) is 3. The number of aromatic nitrogens is 3. The van der Waals surface area contributed by atoms with E-state index in [-0.39, 0.29) is 17.6 Å². The number of thiazole rings is 1. The third kappa shape index (κ3) is 3.03. The van der Waals surface area contributed by atoms with Gasteiger partial charge in [0, 0.05) is 18.3 Å². The molecule has 0 aliphatic heterocycles. The summed E-state index contributed by atoms with van der Waals surface area (Å²) in [5.74, 6) is -0.0599. The van der Waals surface area contributed by atoms with Crippen molar-refractivity contribution in [3.8, 4) is 0 Å². The Balaban J connectivity index is 1.40. The van der Waals surface area contributed by atoms with E-state index in [1.165, 1.54) is 29.8 Å². The molecule has 1 unspecified atom stereocenters. The van der Waals surface area contributed by atoms with Gasteiger partial charge in [0.25, 0.3) is 0 Å². The average molecular weight is 344 g/mol. The van der Waals surface area contributed by atoms with Crippen LogP contribution < -0.4 is 5.32 Å². The Morgan fingerprint density at radius 3 is 2.92 bits per heavy atom. The Hall–Kier alpha value is -2.28. The predicted molar refractivity (Wildman–Crippen MR) is 89.4 cm³/mol. The summed E-state index contributed by atoms with van der Waals surface area (Å²) >= 11 is 1.54. The molecule has 1 amide bonds. The fraction of sp³-hybridized carbons (Fsp3) is 0.353. The van der Waals surface area contributed by atoms with E-state index >= 15 is 0 Å². The van der Waals surface area contributed by atoms with E-state index in [0.29, 0.717) is 18.9 Å². The Morgan fingerprint density at radius 1 is 1.38 bits per heavy atom. The van der Waals surface area contributed by atoms with Crippen LogP contribution in [0.5, 0.6) is 0 Å². The zero-order chi connectivity index (χ0) is 16.5. The van der Waals surface area contributed by atoms with E-state index in [1.807, 2.05) is 5.38 Å². The summed E-state index contributed by atoms with van der Waals surface area (Å²) in [6, 6.07) is 6.28. The van der Waals surface area contributed by atoms with Crippen LogP contribution in [-0.2, 0) is 11.2 Å². The van der Waals surface area contributed by atoms with Gasteiger partial charge in [-0.3, -0.25) is 4.79 Å². The predicted octanol–water partition coefficient (Wildman–Crippen LogP) is 2.78. The van der Waals surface area contributed by atoms with Crippen molar-refractivity contribution in [2.75, 3.05) is 6.54 Å². The number of hydrogen-bond acceptors (Lipinski definition) is 4. The van der Waals surface area contributed by atoms with Crippen LogP contribution in [-0.4, -0.2) is 27.0 Å². The minimum absolute atomic E-state index is 0.0224. The number of hydrogen-bond donors (Lipinski definition) is 1. The summed E-state index contributed by atoms with van der Waals surface area (Å²) < 4.78 is 14.9. The highest BCUT2D eigenvalue weighted by atomic mass is 32.1.